The van der Waals surface area contributed by atoms with Crippen LogP contribution in [0.5, 0.6) is 11.5 Å². The minimum absolute atomic E-state index is 0.0374. The smallest absolute Gasteiger partial charge is 0.338 e. The van der Waals surface area contributed by atoms with Gasteiger partial charge in [-0.05, 0) is 43.7 Å². The van der Waals surface area contributed by atoms with Crippen LogP contribution in [0.2, 0.25) is 0 Å². The van der Waals surface area contributed by atoms with E-state index in [9.17, 15) is 18.8 Å². The van der Waals surface area contributed by atoms with Crippen LogP contribution in [0.15, 0.2) is 53.7 Å². The van der Waals surface area contributed by atoms with Crippen molar-refractivity contribution in [1.29, 1.82) is 0 Å². The minimum atomic E-state index is -0.803. The second kappa shape index (κ2) is 12.4. The largest absolute Gasteiger partial charge is 0.497 e. The monoisotopic (exact) mass is 554 g/mol. The van der Waals surface area contributed by atoms with Gasteiger partial charge in [-0.1, -0.05) is 12.1 Å². The average molecular weight is 555 g/mol. The molecule has 0 aliphatic carbocycles. The Kier molecular flexibility index (Phi) is 8.93. The zero-order chi connectivity index (χ0) is 29.0. The molecule has 2 aromatic carbocycles. The molecule has 0 spiro atoms. The summed E-state index contributed by atoms with van der Waals surface area (Å²) in [5, 5.41) is 2.91. The highest BCUT2D eigenvalue weighted by atomic mass is 19.1. The first kappa shape index (κ1) is 28.9. The summed E-state index contributed by atoms with van der Waals surface area (Å²) in [4.78, 5) is 44.7. The van der Waals surface area contributed by atoms with Crippen molar-refractivity contribution in [2.75, 3.05) is 54.1 Å². The second-order valence-electron chi connectivity index (χ2n) is 9.73. The highest BCUT2D eigenvalue weighted by Gasteiger charge is 2.39. The number of methoxy groups -OCH3 is 2. The Bertz CT molecular complexity index is 1290. The SMILES string of the molecule is CCOC(=O)C1=C(CN2CCN(C(=O)c3ccccc3F)C(C)C2)N(C)C(=O)NC1c1cc(OC)cc(OC)c1. The van der Waals surface area contributed by atoms with E-state index in [1.165, 1.54) is 31.3 Å². The second-order valence-corrected chi connectivity index (χ2v) is 9.73. The van der Waals surface area contributed by atoms with E-state index in [0.717, 1.165) is 0 Å². The molecule has 2 heterocycles. The number of piperazine rings is 1. The number of carbonyl (C=O) groups excluding carboxylic acids is 3. The molecule has 0 radical (unpaired) electrons. The number of hydrogen-bond acceptors (Lipinski definition) is 7. The fraction of sp³-hybridized carbons (Fsp3) is 0.414. The van der Waals surface area contributed by atoms with Gasteiger partial charge in [-0.2, -0.15) is 0 Å². The normalized spacial score (nSPS) is 19.8. The fourth-order valence-corrected chi connectivity index (χ4v) is 5.12. The fourth-order valence-electron chi connectivity index (χ4n) is 5.12. The lowest BCUT2D eigenvalue weighted by atomic mass is 9.93. The molecule has 2 atom stereocenters. The zero-order valence-corrected chi connectivity index (χ0v) is 23.4. The first-order valence-electron chi connectivity index (χ1n) is 13.1. The standard InChI is InChI=1S/C29H35FN4O6/c1-6-40-28(36)25-24(32(3)29(37)31-26(25)19-13-20(38-4)15-21(14-19)39-5)17-33-11-12-34(18(2)16-33)27(35)22-9-7-8-10-23(22)30/h7-10,13-15,18,26H,6,11-12,16-17H2,1-5H3,(H,31,37). The van der Waals surface area contributed by atoms with Crippen molar-refractivity contribution in [3.8, 4) is 11.5 Å². The Balaban J connectivity index is 1.65. The number of nitrogens with one attached hydrogen (secondary N) is 1. The lowest BCUT2D eigenvalue weighted by Gasteiger charge is -2.42. The van der Waals surface area contributed by atoms with Crippen molar-refractivity contribution < 1.29 is 33.0 Å². The molecule has 0 aromatic heterocycles. The van der Waals surface area contributed by atoms with Crippen LogP contribution >= 0.6 is 0 Å². The molecular formula is C29H35FN4O6. The average Bonchev–Trinajstić information content (AvgIpc) is 2.95. The number of halogens is 1. The maximum absolute atomic E-state index is 14.3. The highest BCUT2D eigenvalue weighted by Crippen LogP contribution is 2.35. The zero-order valence-electron chi connectivity index (χ0n) is 23.4. The van der Waals surface area contributed by atoms with Crippen molar-refractivity contribution in [1.82, 2.24) is 20.0 Å². The molecule has 2 aliphatic rings. The van der Waals surface area contributed by atoms with Crippen molar-refractivity contribution in [2.45, 2.75) is 25.9 Å². The summed E-state index contributed by atoms with van der Waals surface area (Å²) in [6.07, 6.45) is 0. The summed E-state index contributed by atoms with van der Waals surface area (Å²) in [7, 11) is 4.65. The van der Waals surface area contributed by atoms with E-state index < -0.39 is 17.8 Å². The molecule has 0 bridgehead atoms. The maximum Gasteiger partial charge on any atom is 0.338 e. The van der Waals surface area contributed by atoms with Crippen molar-refractivity contribution >= 4 is 17.9 Å². The summed E-state index contributed by atoms with van der Waals surface area (Å²) in [5.41, 5.74) is 1.44. The van der Waals surface area contributed by atoms with E-state index in [-0.39, 0.29) is 36.7 Å². The van der Waals surface area contributed by atoms with E-state index in [1.807, 2.05) is 6.92 Å². The van der Waals surface area contributed by atoms with Crippen LogP contribution in [-0.2, 0) is 9.53 Å². The number of esters is 1. The van der Waals surface area contributed by atoms with Crippen molar-refractivity contribution in [3.63, 3.8) is 0 Å². The van der Waals surface area contributed by atoms with Crippen LogP contribution in [0.1, 0.15) is 35.8 Å². The van der Waals surface area contributed by atoms with Crippen molar-refractivity contribution in [3.05, 3.63) is 70.7 Å². The molecule has 214 valence electrons. The van der Waals surface area contributed by atoms with Gasteiger partial charge in [0.2, 0.25) is 0 Å². The van der Waals surface area contributed by atoms with Crippen LogP contribution in [0.4, 0.5) is 9.18 Å². The predicted molar refractivity (Wildman–Crippen MR) is 146 cm³/mol. The number of likely N-dealkylation sites (N-methyl/N-ethyl adjacent to an activating group) is 1. The molecule has 0 saturated carbocycles. The van der Waals surface area contributed by atoms with Gasteiger partial charge >= 0.3 is 12.0 Å². The van der Waals surface area contributed by atoms with Gasteiger partial charge in [0.15, 0.2) is 0 Å². The molecule has 1 N–H and O–H groups in total. The van der Waals surface area contributed by atoms with E-state index in [0.29, 0.717) is 48.0 Å². The molecule has 2 aliphatic heterocycles. The molecule has 4 rings (SSSR count). The predicted octanol–water partition coefficient (Wildman–Crippen LogP) is 3.20. The third kappa shape index (κ3) is 5.89. The molecule has 2 aromatic rings. The van der Waals surface area contributed by atoms with Crippen LogP contribution in [-0.4, -0.2) is 92.7 Å². The van der Waals surface area contributed by atoms with E-state index in [4.69, 9.17) is 14.2 Å². The van der Waals surface area contributed by atoms with Crippen LogP contribution in [0.3, 0.4) is 0 Å². The number of urea groups is 1. The van der Waals surface area contributed by atoms with Gasteiger partial charge in [-0.25, -0.2) is 14.0 Å². The Morgan fingerprint density at radius 2 is 1.75 bits per heavy atom. The van der Waals surface area contributed by atoms with Gasteiger partial charge in [0.25, 0.3) is 5.91 Å². The quantitative estimate of drug-likeness (QED) is 0.500. The van der Waals surface area contributed by atoms with Gasteiger partial charge in [0.05, 0.1) is 38.0 Å². The Hall–Kier alpha value is -4.12. The number of amides is 3. The van der Waals surface area contributed by atoms with Gasteiger partial charge in [-0.15, -0.1) is 0 Å². The number of rotatable bonds is 8. The third-order valence-corrected chi connectivity index (χ3v) is 7.23. The minimum Gasteiger partial charge on any atom is -0.497 e. The van der Waals surface area contributed by atoms with Gasteiger partial charge in [0, 0.05) is 51.0 Å². The molecular weight excluding hydrogens is 519 g/mol. The summed E-state index contributed by atoms with van der Waals surface area (Å²) in [6.45, 7) is 5.35. The lowest BCUT2D eigenvalue weighted by Crippen LogP contribution is -2.56. The summed E-state index contributed by atoms with van der Waals surface area (Å²) in [5.74, 6) is -0.439. The summed E-state index contributed by atoms with van der Waals surface area (Å²) in [6, 6.07) is 9.72. The Labute approximate surface area is 233 Å². The van der Waals surface area contributed by atoms with E-state index in [2.05, 4.69) is 10.2 Å². The van der Waals surface area contributed by atoms with Crippen LogP contribution in [0, 0.1) is 5.82 Å². The van der Waals surface area contributed by atoms with Crippen LogP contribution in [0.25, 0.3) is 0 Å². The molecule has 10 nitrogen and oxygen atoms in total. The molecule has 1 saturated heterocycles. The Morgan fingerprint density at radius 3 is 2.35 bits per heavy atom. The maximum atomic E-state index is 14.3. The summed E-state index contributed by atoms with van der Waals surface area (Å²) >= 11 is 0. The first-order valence-corrected chi connectivity index (χ1v) is 13.1. The van der Waals surface area contributed by atoms with Gasteiger partial charge in [-0.3, -0.25) is 14.6 Å². The number of nitrogens with zero attached hydrogens (tertiary/aromatic N) is 3. The highest BCUT2D eigenvalue weighted by molar-refractivity contribution is 5.96. The topological polar surface area (TPSA) is 101 Å². The molecule has 40 heavy (non-hydrogen) atoms. The number of benzene rings is 2. The Morgan fingerprint density at radius 1 is 1.07 bits per heavy atom. The number of hydrogen-bond donors (Lipinski definition) is 1. The molecule has 2 unspecified atom stereocenters. The molecule has 1 fully saturated rings. The lowest BCUT2D eigenvalue weighted by molar-refractivity contribution is -0.139. The number of carbonyl (C=O) groups is 3. The summed E-state index contributed by atoms with van der Waals surface area (Å²) < 4.78 is 30.5. The van der Waals surface area contributed by atoms with Crippen molar-refractivity contribution in [2.24, 2.45) is 0 Å². The van der Waals surface area contributed by atoms with Gasteiger partial charge < -0.3 is 24.4 Å². The van der Waals surface area contributed by atoms with Crippen LogP contribution < -0.4 is 14.8 Å². The molecule has 11 heteroatoms. The van der Waals surface area contributed by atoms with Gasteiger partial charge in [0.1, 0.15) is 17.3 Å². The third-order valence-electron chi connectivity index (χ3n) is 7.23. The molecule has 3 amide bonds. The van der Waals surface area contributed by atoms with E-state index >= 15 is 0 Å². The first-order chi connectivity index (χ1) is 19.2. The number of ether oxygens (including phenoxy) is 3. The van der Waals surface area contributed by atoms with E-state index in [1.54, 1.807) is 49.2 Å².